The number of carbonyl (C=O) groups excluding carboxylic acids is 2. The quantitative estimate of drug-likeness (QED) is 0.891. The van der Waals surface area contributed by atoms with E-state index in [-0.39, 0.29) is 25.9 Å². The number of anilines is 2. The number of nitrogens with one attached hydrogen (secondary N) is 2. The van der Waals surface area contributed by atoms with Gasteiger partial charge < -0.3 is 10.6 Å². The lowest BCUT2D eigenvalue weighted by atomic mass is 10.6. The molecule has 6 nitrogen and oxygen atoms in total. The molecule has 2 rings (SSSR count). The predicted molar refractivity (Wildman–Crippen MR) is 82.7 cm³/mol. The lowest BCUT2D eigenvalue weighted by Gasteiger charge is -2.04. The van der Waals surface area contributed by atoms with Crippen molar-refractivity contribution in [3.8, 4) is 0 Å². The van der Waals surface area contributed by atoms with Gasteiger partial charge in [-0.1, -0.05) is 0 Å². The van der Waals surface area contributed by atoms with Crippen LogP contribution in [0.5, 0.6) is 0 Å². The number of hydrogen-bond acceptors (Lipinski definition) is 6. The molecule has 0 aliphatic heterocycles. The molecule has 0 atom stereocenters. The van der Waals surface area contributed by atoms with Gasteiger partial charge in [0, 0.05) is 13.8 Å². The molecule has 0 fully saturated rings. The SMILES string of the molecule is CC(=O)Nc1ccc(S(=O)(=O)c2ccsc2NC(C)=O)s1. The molecule has 0 bridgehead atoms. The van der Waals surface area contributed by atoms with Gasteiger partial charge in [0.15, 0.2) is 0 Å². The number of thiophene rings is 2. The molecule has 112 valence electrons. The highest BCUT2D eigenvalue weighted by Crippen LogP contribution is 2.36. The molecule has 0 aliphatic carbocycles. The fourth-order valence-electron chi connectivity index (χ4n) is 1.57. The van der Waals surface area contributed by atoms with Gasteiger partial charge in [0.1, 0.15) is 14.1 Å². The van der Waals surface area contributed by atoms with Crippen LogP contribution in [0.1, 0.15) is 13.8 Å². The van der Waals surface area contributed by atoms with Crippen LogP contribution >= 0.6 is 22.7 Å². The average Bonchev–Trinajstić information content (AvgIpc) is 2.96. The number of rotatable bonds is 4. The normalized spacial score (nSPS) is 11.1. The van der Waals surface area contributed by atoms with Gasteiger partial charge in [-0.2, -0.15) is 0 Å². The summed E-state index contributed by atoms with van der Waals surface area (Å²) in [7, 11) is -3.72. The second-order valence-electron chi connectivity index (χ2n) is 4.10. The molecular weight excluding hydrogens is 332 g/mol. The molecular formula is C12H12N2O4S3. The van der Waals surface area contributed by atoms with E-state index >= 15 is 0 Å². The minimum atomic E-state index is -3.72. The molecule has 0 spiro atoms. The summed E-state index contributed by atoms with van der Waals surface area (Å²) in [5.41, 5.74) is 0. The molecule has 2 aromatic heterocycles. The van der Waals surface area contributed by atoms with Crippen molar-refractivity contribution in [1.29, 1.82) is 0 Å². The number of amides is 2. The van der Waals surface area contributed by atoms with Crippen LogP contribution in [0, 0.1) is 0 Å². The van der Waals surface area contributed by atoms with E-state index in [2.05, 4.69) is 10.6 Å². The first kappa shape index (κ1) is 15.7. The maximum Gasteiger partial charge on any atom is 0.221 e. The van der Waals surface area contributed by atoms with Crippen LogP contribution in [-0.4, -0.2) is 20.2 Å². The Morgan fingerprint density at radius 3 is 2.33 bits per heavy atom. The van der Waals surface area contributed by atoms with Crippen molar-refractivity contribution >= 4 is 54.3 Å². The maximum absolute atomic E-state index is 12.5. The van der Waals surface area contributed by atoms with Gasteiger partial charge in [-0.15, -0.1) is 22.7 Å². The van der Waals surface area contributed by atoms with Crippen molar-refractivity contribution in [2.45, 2.75) is 23.0 Å². The minimum absolute atomic E-state index is 0.0546. The summed E-state index contributed by atoms with van der Waals surface area (Å²) < 4.78 is 25.2. The van der Waals surface area contributed by atoms with Crippen molar-refractivity contribution in [3.05, 3.63) is 23.6 Å². The summed E-state index contributed by atoms with van der Waals surface area (Å²) in [5.74, 6) is -0.603. The van der Waals surface area contributed by atoms with Gasteiger partial charge in [-0.25, -0.2) is 8.42 Å². The van der Waals surface area contributed by atoms with Crippen LogP contribution in [0.15, 0.2) is 32.7 Å². The van der Waals surface area contributed by atoms with Crippen LogP contribution in [0.4, 0.5) is 10.0 Å². The molecule has 0 saturated carbocycles. The Kier molecular flexibility index (Phi) is 4.45. The molecule has 2 amide bonds. The van der Waals surface area contributed by atoms with E-state index in [1.807, 2.05) is 0 Å². The Morgan fingerprint density at radius 1 is 1.05 bits per heavy atom. The lowest BCUT2D eigenvalue weighted by Crippen LogP contribution is -2.08. The third-order valence-electron chi connectivity index (χ3n) is 2.35. The Bertz CT molecular complexity index is 789. The van der Waals surface area contributed by atoms with Crippen LogP contribution in [0.2, 0.25) is 0 Å². The molecule has 2 heterocycles. The maximum atomic E-state index is 12.5. The first-order chi connectivity index (χ1) is 9.80. The summed E-state index contributed by atoms with van der Waals surface area (Å²) in [6.07, 6.45) is 0. The average molecular weight is 344 g/mol. The van der Waals surface area contributed by atoms with E-state index in [0.717, 1.165) is 22.7 Å². The van der Waals surface area contributed by atoms with Crippen LogP contribution in [0.3, 0.4) is 0 Å². The van der Waals surface area contributed by atoms with Crippen molar-refractivity contribution in [1.82, 2.24) is 0 Å². The van der Waals surface area contributed by atoms with E-state index < -0.39 is 9.84 Å². The summed E-state index contributed by atoms with van der Waals surface area (Å²) in [4.78, 5) is 22.1. The molecule has 0 radical (unpaired) electrons. The van der Waals surface area contributed by atoms with E-state index in [9.17, 15) is 18.0 Å². The standard InChI is InChI=1S/C12H12N2O4S3/c1-7(15)13-10-3-4-11(20-10)21(17,18)9-5-6-19-12(9)14-8(2)16/h3-6H,1-2H3,(H,13,15)(H,14,16). The van der Waals surface area contributed by atoms with Crippen molar-refractivity contribution in [2.24, 2.45) is 0 Å². The molecule has 21 heavy (non-hydrogen) atoms. The summed E-state index contributed by atoms with van der Waals surface area (Å²) in [6.45, 7) is 2.66. The van der Waals surface area contributed by atoms with E-state index in [1.165, 1.54) is 32.0 Å². The topological polar surface area (TPSA) is 92.3 Å². The Balaban J connectivity index is 2.38. The van der Waals surface area contributed by atoms with Crippen LogP contribution < -0.4 is 10.6 Å². The Morgan fingerprint density at radius 2 is 1.71 bits per heavy atom. The smallest absolute Gasteiger partial charge is 0.221 e. The van der Waals surface area contributed by atoms with Crippen molar-refractivity contribution in [2.75, 3.05) is 10.6 Å². The fourth-order valence-corrected chi connectivity index (χ4v) is 5.53. The molecule has 0 saturated heterocycles. The molecule has 0 unspecified atom stereocenters. The predicted octanol–water partition coefficient (Wildman–Crippen LogP) is 2.56. The zero-order chi connectivity index (χ0) is 15.6. The first-order valence-corrected chi connectivity index (χ1v) is 8.96. The molecule has 2 N–H and O–H groups in total. The third kappa shape index (κ3) is 3.49. The van der Waals surface area contributed by atoms with Crippen LogP contribution in [0.25, 0.3) is 0 Å². The van der Waals surface area contributed by atoms with E-state index in [4.69, 9.17) is 0 Å². The first-order valence-electron chi connectivity index (χ1n) is 5.78. The van der Waals surface area contributed by atoms with Gasteiger partial charge in [-0.05, 0) is 23.6 Å². The summed E-state index contributed by atoms with van der Waals surface area (Å²) in [6, 6.07) is 4.41. The van der Waals surface area contributed by atoms with Gasteiger partial charge in [0.2, 0.25) is 21.7 Å². The number of sulfone groups is 1. The highest BCUT2D eigenvalue weighted by molar-refractivity contribution is 7.94. The van der Waals surface area contributed by atoms with Crippen molar-refractivity contribution in [3.63, 3.8) is 0 Å². The molecule has 2 aromatic rings. The van der Waals surface area contributed by atoms with Gasteiger partial charge in [0.05, 0.1) is 5.00 Å². The highest BCUT2D eigenvalue weighted by Gasteiger charge is 2.25. The Hall–Kier alpha value is -1.71. The zero-order valence-corrected chi connectivity index (χ0v) is 13.6. The number of hydrogen-bond donors (Lipinski definition) is 2. The molecule has 0 aromatic carbocycles. The summed E-state index contributed by atoms with van der Waals surface area (Å²) in [5, 5.41) is 7.38. The van der Waals surface area contributed by atoms with Crippen molar-refractivity contribution < 1.29 is 18.0 Å². The van der Waals surface area contributed by atoms with Gasteiger partial charge >= 0.3 is 0 Å². The van der Waals surface area contributed by atoms with E-state index in [1.54, 1.807) is 5.38 Å². The number of carbonyl (C=O) groups is 2. The van der Waals surface area contributed by atoms with E-state index in [0.29, 0.717) is 5.00 Å². The van der Waals surface area contributed by atoms with Gasteiger partial charge in [-0.3, -0.25) is 9.59 Å². The monoisotopic (exact) mass is 344 g/mol. The largest absolute Gasteiger partial charge is 0.318 e. The fraction of sp³-hybridized carbons (Fsp3) is 0.167. The molecule has 9 heteroatoms. The summed E-state index contributed by atoms with van der Waals surface area (Å²) >= 11 is 2.11. The zero-order valence-electron chi connectivity index (χ0n) is 11.2. The minimum Gasteiger partial charge on any atom is -0.318 e. The lowest BCUT2D eigenvalue weighted by molar-refractivity contribution is -0.115. The van der Waals surface area contributed by atoms with Crippen LogP contribution in [-0.2, 0) is 19.4 Å². The van der Waals surface area contributed by atoms with Gasteiger partial charge in [0.25, 0.3) is 0 Å². The molecule has 0 aliphatic rings. The Labute approximate surface area is 129 Å². The second-order valence-corrected chi connectivity index (χ2v) is 8.24. The third-order valence-corrected chi connectivity index (χ3v) is 6.60. The second kappa shape index (κ2) is 5.96. The highest BCUT2D eigenvalue weighted by atomic mass is 32.2.